The Bertz CT molecular complexity index is 2250. The Hall–Kier alpha value is -6.09. The van der Waals surface area contributed by atoms with Crippen molar-refractivity contribution < 1.29 is 68.1 Å². The number of carbonyl (C=O) groups excluding carboxylic acids is 11. The van der Waals surface area contributed by atoms with E-state index in [0.29, 0.717) is 12.0 Å². The molecule has 0 unspecified atom stereocenters. The normalized spacial score (nSPS) is 23.0. The van der Waals surface area contributed by atoms with Gasteiger partial charge in [0.1, 0.15) is 30.0 Å². The minimum absolute atomic E-state index is 0.00346. The van der Waals surface area contributed by atoms with Crippen LogP contribution in [0.5, 0.6) is 0 Å². The van der Waals surface area contributed by atoms with Crippen LogP contribution in [0.2, 0.25) is 0 Å². The van der Waals surface area contributed by atoms with E-state index in [9.17, 15) is 68.1 Å². The molecule has 1 saturated heterocycles. The van der Waals surface area contributed by atoms with Gasteiger partial charge in [-0.05, 0) is 103 Å². The zero-order valence-corrected chi connectivity index (χ0v) is 49.3. The number of rotatable bonds is 30. The van der Waals surface area contributed by atoms with Crippen LogP contribution in [0.25, 0.3) is 0 Å². The first-order valence-corrected chi connectivity index (χ1v) is 29.5. The molecule has 1 heterocycles. The van der Waals surface area contributed by atoms with Crippen LogP contribution in [0, 0.1) is 29.6 Å². The van der Waals surface area contributed by atoms with Crippen molar-refractivity contribution in [3.8, 4) is 0 Å². The number of aliphatic hydroxyl groups excluding tert-OH is 3. The molecule has 12 atom stereocenters. The van der Waals surface area contributed by atoms with Crippen molar-refractivity contribution in [1.82, 2.24) is 37.2 Å². The number of carbonyl (C=O) groups is 11. The van der Waals surface area contributed by atoms with Crippen LogP contribution in [0.3, 0.4) is 0 Å². The Kier molecular flexibility index (Phi) is 34.7. The Morgan fingerprint density at radius 1 is 0.651 bits per heavy atom. The Balaban J connectivity index is 2.66. The Morgan fingerprint density at radius 3 is 1.75 bits per heavy atom. The highest BCUT2D eigenvalue weighted by molar-refractivity contribution is 5.99. The van der Waals surface area contributed by atoms with E-state index in [2.05, 4.69) is 44.1 Å². The number of hydrogen-bond donors (Lipinski definition) is 14. The summed E-state index contributed by atoms with van der Waals surface area (Å²) in [5.74, 6) is -13.3. The van der Waals surface area contributed by atoms with Crippen LogP contribution in [-0.4, -0.2) is 168 Å². The molecule has 83 heavy (non-hydrogen) atoms. The quantitative estimate of drug-likeness (QED) is 0.0391. The van der Waals surface area contributed by atoms with Gasteiger partial charge < -0.3 is 75.5 Å². The molecule has 0 aromatic heterocycles. The molecule has 1 fully saturated rings. The highest BCUT2D eigenvalue weighted by atomic mass is 16.3. The fraction of sp³-hybridized carbons (Fsp3) is 0.707. The lowest BCUT2D eigenvalue weighted by Gasteiger charge is -2.28. The molecular weight excluding hydrogens is 1070 g/mol. The molecule has 0 spiro atoms. The SMILES string of the molecule is CCCCCCCC(=O)C[C@@H](CCN)C(=O)N[C@H](C(=O)C[C@@H](CCN)C(=O)N[C@H]1CCNC(=O)[C@H]([C@@H](C)O)NC(=O)[C@H](CO)CC(=O)[C@H](CCN)NC(=O)[C@H](CC(C)C)NC(=O)[C@@H](Cc2ccccc2)CC(=O)[C@H](CCN)NC1=O)[C@@H](C)O. The number of amides is 7. The maximum atomic E-state index is 14.5. The van der Waals surface area contributed by atoms with Gasteiger partial charge >= 0.3 is 0 Å². The molecule has 468 valence electrons. The first kappa shape index (κ1) is 73.0. The number of benzene rings is 1. The Morgan fingerprint density at radius 2 is 1.20 bits per heavy atom. The van der Waals surface area contributed by atoms with Crippen LogP contribution >= 0.6 is 0 Å². The topological polar surface area (TPSA) is 437 Å². The summed E-state index contributed by atoms with van der Waals surface area (Å²) in [5.41, 5.74) is 24.2. The minimum Gasteiger partial charge on any atom is -0.396 e. The van der Waals surface area contributed by atoms with Gasteiger partial charge in [0.25, 0.3) is 0 Å². The third-order valence-corrected chi connectivity index (χ3v) is 14.7. The van der Waals surface area contributed by atoms with E-state index in [1.807, 2.05) is 0 Å². The summed E-state index contributed by atoms with van der Waals surface area (Å²) in [6.45, 7) is 6.47. The summed E-state index contributed by atoms with van der Waals surface area (Å²) in [6, 6.07) is -0.0408. The predicted molar refractivity (Wildman–Crippen MR) is 310 cm³/mol. The van der Waals surface area contributed by atoms with E-state index in [0.717, 1.165) is 25.7 Å². The second-order valence-electron chi connectivity index (χ2n) is 22.3. The maximum absolute atomic E-state index is 14.5. The summed E-state index contributed by atoms with van der Waals surface area (Å²) in [5, 5.41) is 49.9. The van der Waals surface area contributed by atoms with Gasteiger partial charge in [-0.25, -0.2) is 0 Å². The molecule has 1 aliphatic rings. The van der Waals surface area contributed by atoms with E-state index in [1.165, 1.54) is 13.8 Å². The number of unbranched alkanes of at least 4 members (excludes halogenated alkanes) is 4. The number of ketones is 4. The fourth-order valence-electron chi connectivity index (χ4n) is 9.82. The summed E-state index contributed by atoms with van der Waals surface area (Å²) in [7, 11) is 0. The summed E-state index contributed by atoms with van der Waals surface area (Å²) in [6.07, 6.45) is -0.689. The molecule has 25 nitrogen and oxygen atoms in total. The number of hydrogen-bond acceptors (Lipinski definition) is 18. The lowest BCUT2D eigenvalue weighted by molar-refractivity contribution is -0.137. The lowest BCUT2D eigenvalue weighted by atomic mass is 9.89. The first-order valence-electron chi connectivity index (χ1n) is 29.5. The van der Waals surface area contributed by atoms with Gasteiger partial charge in [-0.3, -0.25) is 52.7 Å². The average Bonchev–Trinajstić information content (AvgIpc) is 3.51. The second-order valence-corrected chi connectivity index (χ2v) is 22.3. The van der Waals surface area contributed by atoms with E-state index in [-0.39, 0.29) is 89.2 Å². The zero-order valence-electron chi connectivity index (χ0n) is 49.3. The summed E-state index contributed by atoms with van der Waals surface area (Å²) < 4.78 is 0. The summed E-state index contributed by atoms with van der Waals surface area (Å²) >= 11 is 0. The van der Waals surface area contributed by atoms with Gasteiger partial charge in [-0.15, -0.1) is 0 Å². The monoisotopic (exact) mass is 1170 g/mol. The van der Waals surface area contributed by atoms with Crippen LogP contribution in [0.4, 0.5) is 0 Å². The average molecular weight is 1170 g/mol. The molecular formula is C58H97N11O14. The molecule has 1 aromatic rings. The maximum Gasteiger partial charge on any atom is 0.245 e. The van der Waals surface area contributed by atoms with E-state index < -0.39 is 170 Å². The molecule has 1 aromatic carbocycles. The molecule has 18 N–H and O–H groups in total. The minimum atomic E-state index is -1.70. The molecule has 1 aliphatic heterocycles. The smallest absolute Gasteiger partial charge is 0.245 e. The number of nitrogens with one attached hydrogen (secondary N) is 7. The standard InChI is InChI=1S/C58H97N11O14/c1-6-7-8-9-13-16-42(73)29-38(17-22-59)53(78)68-50(35(4)71)49(76)30-39(18-23-60)52(77)66-45-21-26-63-58(83)51(36(5)72)69-55(80)41(33-70)32-48(75)44(20-25-62)65-57(82)46(27-34(2)3)67-54(79)40(28-37-14-11-10-12-15-37)31-47(74)43(19-24-61)64-56(45)81/h10-12,14-15,34-36,38-41,43-46,50-51,70-72H,6-9,13,16-33,59-62H2,1-5H3,(H,63,83)(H,64,81)(H,65,82)(H,66,77)(H,67,79)(H,68,78)(H,69,80)/t35-,36-,38-,39-,40+,41+,43+,44+,45+,46+,50+,51+/m1/s1. The van der Waals surface area contributed by atoms with Gasteiger partial charge in [0.2, 0.25) is 41.4 Å². The first-order chi connectivity index (χ1) is 39.4. The molecule has 7 amide bonds. The van der Waals surface area contributed by atoms with Crippen molar-refractivity contribution in [1.29, 1.82) is 0 Å². The number of aliphatic hydroxyl groups is 3. The van der Waals surface area contributed by atoms with Crippen molar-refractivity contribution in [2.24, 2.45) is 52.5 Å². The molecule has 25 heteroatoms. The molecule has 0 saturated carbocycles. The second kappa shape index (κ2) is 39.5. The largest absolute Gasteiger partial charge is 0.396 e. The highest BCUT2D eigenvalue weighted by Crippen LogP contribution is 2.20. The lowest BCUT2D eigenvalue weighted by Crippen LogP contribution is -2.56. The van der Waals surface area contributed by atoms with Crippen LogP contribution in [-0.2, 0) is 59.2 Å². The van der Waals surface area contributed by atoms with Gasteiger partial charge in [0, 0.05) is 56.4 Å². The molecule has 0 bridgehead atoms. The predicted octanol–water partition coefficient (Wildman–Crippen LogP) is -1.48. The zero-order chi connectivity index (χ0) is 62.2. The van der Waals surface area contributed by atoms with Crippen LogP contribution in [0.15, 0.2) is 30.3 Å². The van der Waals surface area contributed by atoms with Gasteiger partial charge in [0.05, 0.1) is 36.8 Å². The molecule has 2 rings (SSSR count). The number of Topliss-reactive ketones (excluding diaryl/α,β-unsaturated/α-hetero) is 4. The molecule has 0 radical (unpaired) electrons. The van der Waals surface area contributed by atoms with E-state index in [1.54, 1.807) is 44.2 Å². The van der Waals surface area contributed by atoms with E-state index in [4.69, 9.17) is 22.9 Å². The van der Waals surface area contributed by atoms with Crippen molar-refractivity contribution >= 4 is 64.5 Å². The van der Waals surface area contributed by atoms with Crippen molar-refractivity contribution in [3.05, 3.63) is 35.9 Å². The number of nitrogens with two attached hydrogens (primary N) is 4. The highest BCUT2D eigenvalue weighted by Gasteiger charge is 2.38. The fourth-order valence-corrected chi connectivity index (χ4v) is 9.82. The molecule has 0 aliphatic carbocycles. The van der Waals surface area contributed by atoms with Crippen LogP contribution < -0.4 is 60.2 Å². The van der Waals surface area contributed by atoms with E-state index >= 15 is 0 Å². The summed E-state index contributed by atoms with van der Waals surface area (Å²) in [4.78, 5) is 154. The van der Waals surface area contributed by atoms with Crippen molar-refractivity contribution in [2.75, 3.05) is 39.3 Å². The van der Waals surface area contributed by atoms with Gasteiger partial charge in [0.15, 0.2) is 17.3 Å². The Labute approximate surface area is 488 Å². The van der Waals surface area contributed by atoms with Crippen LogP contribution in [0.1, 0.15) is 143 Å². The van der Waals surface area contributed by atoms with Gasteiger partial charge in [-0.2, -0.15) is 0 Å². The van der Waals surface area contributed by atoms with Crippen molar-refractivity contribution in [3.63, 3.8) is 0 Å². The van der Waals surface area contributed by atoms with Gasteiger partial charge in [-0.1, -0.05) is 76.8 Å². The third kappa shape index (κ3) is 26.6. The van der Waals surface area contributed by atoms with Crippen molar-refractivity contribution in [2.45, 2.75) is 192 Å². The third-order valence-electron chi connectivity index (χ3n) is 14.7.